The molecule has 0 saturated heterocycles. The van der Waals surface area contributed by atoms with Gasteiger partial charge in [0.15, 0.2) is 0 Å². The number of carbonyl (C=O) groups is 1. The van der Waals surface area contributed by atoms with Gasteiger partial charge in [0.1, 0.15) is 28.6 Å². The number of nitrogens with zero attached hydrogens (tertiary/aromatic N) is 2. The predicted molar refractivity (Wildman–Crippen MR) is 118 cm³/mol. The predicted octanol–water partition coefficient (Wildman–Crippen LogP) is 4.83. The van der Waals surface area contributed by atoms with Crippen LogP contribution in [0.2, 0.25) is 0 Å². The van der Waals surface area contributed by atoms with Gasteiger partial charge in [0.25, 0.3) is 5.91 Å². The van der Waals surface area contributed by atoms with Gasteiger partial charge in [-0.15, -0.1) is 0 Å². The number of amides is 1. The van der Waals surface area contributed by atoms with E-state index < -0.39 is 6.04 Å². The second-order valence-corrected chi connectivity index (χ2v) is 7.80. The van der Waals surface area contributed by atoms with Crippen LogP contribution in [0.5, 0.6) is 11.5 Å². The van der Waals surface area contributed by atoms with Crippen molar-refractivity contribution in [3.63, 3.8) is 0 Å². The van der Waals surface area contributed by atoms with Crippen LogP contribution >= 0.6 is 0 Å². The summed E-state index contributed by atoms with van der Waals surface area (Å²) >= 11 is 0. The van der Waals surface area contributed by atoms with Gasteiger partial charge in [-0.2, -0.15) is 5.10 Å². The van der Waals surface area contributed by atoms with Crippen LogP contribution in [-0.2, 0) is 6.54 Å². The Morgan fingerprint density at radius 2 is 2.06 bits per heavy atom. The Morgan fingerprint density at radius 1 is 1.19 bits per heavy atom. The van der Waals surface area contributed by atoms with E-state index in [-0.39, 0.29) is 11.7 Å². The molecule has 3 heterocycles. The minimum atomic E-state index is -0.420. The monoisotopic (exact) mass is 429 g/mol. The number of furan rings is 1. The van der Waals surface area contributed by atoms with Gasteiger partial charge < -0.3 is 19.2 Å². The smallest absolute Gasteiger partial charge is 0.273 e. The van der Waals surface area contributed by atoms with Gasteiger partial charge in [-0.25, -0.2) is 0 Å². The van der Waals surface area contributed by atoms with E-state index in [0.29, 0.717) is 35.9 Å². The maximum Gasteiger partial charge on any atom is 0.273 e. The average Bonchev–Trinajstić information content (AvgIpc) is 3.50. The van der Waals surface area contributed by atoms with Gasteiger partial charge in [-0.1, -0.05) is 23.8 Å². The zero-order chi connectivity index (χ0) is 22.2. The van der Waals surface area contributed by atoms with E-state index in [1.165, 1.54) is 0 Å². The van der Waals surface area contributed by atoms with Crippen molar-refractivity contribution in [2.45, 2.75) is 26.4 Å². The summed E-state index contributed by atoms with van der Waals surface area (Å²) in [6.07, 6.45) is 1.59. The lowest BCUT2D eigenvalue weighted by molar-refractivity contribution is 0.0716. The number of aromatic hydroxyl groups is 1. The Balaban J connectivity index is 1.68. The summed E-state index contributed by atoms with van der Waals surface area (Å²) in [6.45, 7) is 4.73. The number of H-pyrrole nitrogens is 1. The fourth-order valence-corrected chi connectivity index (χ4v) is 4.26. The first kappa shape index (κ1) is 19.9. The van der Waals surface area contributed by atoms with Crippen LogP contribution in [0.4, 0.5) is 0 Å². The number of benzene rings is 2. The van der Waals surface area contributed by atoms with Gasteiger partial charge in [-0.05, 0) is 55.8 Å². The average molecular weight is 429 g/mol. The topological polar surface area (TPSA) is 91.6 Å². The molecule has 7 heteroatoms. The van der Waals surface area contributed by atoms with Gasteiger partial charge >= 0.3 is 0 Å². The van der Waals surface area contributed by atoms with Crippen LogP contribution in [0.1, 0.15) is 45.9 Å². The molecule has 1 amide bonds. The van der Waals surface area contributed by atoms with Crippen molar-refractivity contribution in [3.8, 4) is 22.8 Å². The third kappa shape index (κ3) is 3.32. The number of rotatable bonds is 6. The Morgan fingerprint density at radius 3 is 2.84 bits per heavy atom. The zero-order valence-corrected chi connectivity index (χ0v) is 17.8. The lowest BCUT2D eigenvalue weighted by atomic mass is 9.95. The number of hydrogen-bond acceptors (Lipinski definition) is 5. The summed E-state index contributed by atoms with van der Waals surface area (Å²) in [5, 5.41) is 17.9. The summed E-state index contributed by atoms with van der Waals surface area (Å²) in [4.78, 5) is 15.2. The highest BCUT2D eigenvalue weighted by molar-refractivity contribution is 6.00. The fourth-order valence-electron chi connectivity index (χ4n) is 4.26. The number of aryl methyl sites for hydroxylation is 1. The van der Waals surface area contributed by atoms with E-state index in [9.17, 15) is 9.90 Å². The molecule has 1 aliphatic rings. The van der Waals surface area contributed by atoms with Crippen LogP contribution in [0.3, 0.4) is 0 Å². The van der Waals surface area contributed by atoms with E-state index in [0.717, 1.165) is 22.4 Å². The summed E-state index contributed by atoms with van der Waals surface area (Å²) in [5.74, 6) is 1.35. The van der Waals surface area contributed by atoms with E-state index in [1.807, 2.05) is 56.3 Å². The molecule has 162 valence electrons. The molecule has 2 aromatic heterocycles. The Bertz CT molecular complexity index is 1280. The molecule has 4 aromatic rings. The van der Waals surface area contributed by atoms with Crippen molar-refractivity contribution in [1.82, 2.24) is 15.1 Å². The number of aromatic nitrogens is 2. The van der Waals surface area contributed by atoms with Gasteiger partial charge in [0.05, 0.1) is 25.5 Å². The number of phenols is 1. The van der Waals surface area contributed by atoms with Crippen molar-refractivity contribution in [2.24, 2.45) is 0 Å². The molecule has 2 aromatic carbocycles. The Labute approximate surface area is 185 Å². The number of hydrogen-bond donors (Lipinski definition) is 2. The molecule has 1 aliphatic heterocycles. The SMILES string of the molecule is CCOc1cccc([C@H]2c3c(-c4cc(C)ccc4O)n[nH]c3C(=O)N2Cc2ccco2)c1. The first-order valence-corrected chi connectivity index (χ1v) is 10.5. The number of ether oxygens (including phenoxy) is 1. The van der Waals surface area contributed by atoms with Gasteiger partial charge in [-0.3, -0.25) is 9.89 Å². The first-order chi connectivity index (χ1) is 15.6. The quantitative estimate of drug-likeness (QED) is 0.458. The largest absolute Gasteiger partial charge is 0.507 e. The van der Waals surface area contributed by atoms with Crippen molar-refractivity contribution < 1.29 is 19.1 Å². The highest BCUT2D eigenvalue weighted by Gasteiger charge is 2.43. The molecule has 0 aliphatic carbocycles. The molecule has 5 rings (SSSR count). The summed E-state index contributed by atoms with van der Waals surface area (Å²) in [5.41, 5.74) is 4.17. The maximum atomic E-state index is 13.4. The Hall–Kier alpha value is -4.00. The van der Waals surface area contributed by atoms with Crippen molar-refractivity contribution in [1.29, 1.82) is 0 Å². The zero-order valence-electron chi connectivity index (χ0n) is 17.8. The van der Waals surface area contributed by atoms with Crippen LogP contribution in [0.25, 0.3) is 11.3 Å². The highest BCUT2D eigenvalue weighted by atomic mass is 16.5. The summed E-state index contributed by atoms with van der Waals surface area (Å²) in [6, 6.07) is 16.3. The fraction of sp³-hybridized carbons (Fsp3) is 0.200. The van der Waals surface area contributed by atoms with Crippen LogP contribution in [-0.4, -0.2) is 32.7 Å². The summed E-state index contributed by atoms with van der Waals surface area (Å²) < 4.78 is 11.2. The molecule has 0 bridgehead atoms. The van der Waals surface area contributed by atoms with E-state index in [4.69, 9.17) is 9.15 Å². The standard InChI is InChI=1S/C25H23N3O4/c1-3-31-17-7-4-6-16(13-17)24-21-22(19-12-15(2)9-10-20(19)29)26-27-23(21)25(30)28(24)14-18-8-5-11-32-18/h4-13,24,29H,3,14H2,1-2H3,(H,26,27)/t24-/m0/s1. The molecule has 32 heavy (non-hydrogen) atoms. The number of phenolic OH excluding ortho intramolecular Hbond substituents is 1. The van der Waals surface area contributed by atoms with E-state index in [2.05, 4.69) is 10.2 Å². The van der Waals surface area contributed by atoms with Crippen molar-refractivity contribution >= 4 is 5.91 Å². The normalized spacial score (nSPS) is 15.2. The minimum Gasteiger partial charge on any atom is -0.507 e. The lowest BCUT2D eigenvalue weighted by Crippen LogP contribution is -2.29. The molecule has 0 spiro atoms. The lowest BCUT2D eigenvalue weighted by Gasteiger charge is -2.26. The summed E-state index contributed by atoms with van der Waals surface area (Å²) in [7, 11) is 0. The van der Waals surface area contributed by atoms with Gasteiger partial charge in [0.2, 0.25) is 0 Å². The second-order valence-electron chi connectivity index (χ2n) is 7.80. The third-order valence-electron chi connectivity index (χ3n) is 5.66. The molecule has 2 N–H and O–H groups in total. The van der Waals surface area contributed by atoms with Crippen LogP contribution in [0, 0.1) is 6.92 Å². The number of nitrogens with one attached hydrogen (secondary N) is 1. The Kier molecular flexibility index (Phi) is 4.93. The number of carbonyl (C=O) groups excluding carboxylic acids is 1. The molecule has 7 nitrogen and oxygen atoms in total. The van der Waals surface area contributed by atoms with Crippen molar-refractivity contribution in [3.05, 3.63) is 89.0 Å². The highest BCUT2D eigenvalue weighted by Crippen LogP contribution is 2.45. The number of fused-ring (bicyclic) bond motifs is 1. The molecule has 0 fully saturated rings. The van der Waals surface area contributed by atoms with E-state index >= 15 is 0 Å². The van der Waals surface area contributed by atoms with Gasteiger partial charge in [0, 0.05) is 11.1 Å². The first-order valence-electron chi connectivity index (χ1n) is 10.5. The van der Waals surface area contributed by atoms with Crippen molar-refractivity contribution in [2.75, 3.05) is 6.61 Å². The molecular formula is C25H23N3O4. The molecule has 0 radical (unpaired) electrons. The third-order valence-corrected chi connectivity index (χ3v) is 5.66. The number of aromatic amines is 1. The molecule has 0 saturated carbocycles. The molecular weight excluding hydrogens is 406 g/mol. The van der Waals surface area contributed by atoms with Crippen LogP contribution in [0.15, 0.2) is 65.3 Å². The van der Waals surface area contributed by atoms with E-state index in [1.54, 1.807) is 23.3 Å². The minimum absolute atomic E-state index is 0.114. The van der Waals surface area contributed by atoms with Crippen LogP contribution < -0.4 is 4.74 Å². The molecule has 1 atom stereocenters. The second kappa shape index (κ2) is 7.92. The molecule has 0 unspecified atom stereocenters. The maximum absolute atomic E-state index is 13.4.